The lowest BCUT2D eigenvalue weighted by Gasteiger charge is -2.26. The van der Waals surface area contributed by atoms with Crippen LogP contribution in [0, 0.1) is 0 Å². The molecule has 1 N–H and O–H groups in total. The van der Waals surface area contributed by atoms with Crippen molar-refractivity contribution in [2.24, 2.45) is 0 Å². The van der Waals surface area contributed by atoms with Crippen molar-refractivity contribution in [2.45, 2.75) is 65.3 Å². The van der Waals surface area contributed by atoms with Gasteiger partial charge in [-0.25, -0.2) is 9.78 Å². The largest absolute Gasteiger partial charge is 0.386 e. The van der Waals surface area contributed by atoms with E-state index in [0.717, 1.165) is 0 Å². The van der Waals surface area contributed by atoms with Gasteiger partial charge in [-0.2, -0.15) is 0 Å². The molecule has 0 saturated heterocycles. The fourth-order valence-corrected chi connectivity index (χ4v) is 0.665. The standard InChI is InChI=1S/C12H24O3/c1-10(2,3)14-15-12(6,7)9-8-11(4,5)13/h8-9,13H,1-7H3/b9-8+. The first kappa shape index (κ1) is 14.6. The van der Waals surface area contributed by atoms with Gasteiger partial charge in [0, 0.05) is 0 Å². The van der Waals surface area contributed by atoms with Gasteiger partial charge in [0.1, 0.15) is 5.60 Å². The second-order valence-electron chi connectivity index (χ2n) is 5.87. The van der Waals surface area contributed by atoms with Gasteiger partial charge in [-0.1, -0.05) is 12.2 Å². The summed E-state index contributed by atoms with van der Waals surface area (Å²) in [5.74, 6) is 0. The monoisotopic (exact) mass is 216 g/mol. The third-order valence-electron chi connectivity index (χ3n) is 1.40. The van der Waals surface area contributed by atoms with Gasteiger partial charge in [0.15, 0.2) is 0 Å². The van der Waals surface area contributed by atoms with Crippen LogP contribution in [-0.4, -0.2) is 21.9 Å². The summed E-state index contributed by atoms with van der Waals surface area (Å²) in [7, 11) is 0. The maximum absolute atomic E-state index is 9.53. The lowest BCUT2D eigenvalue weighted by molar-refractivity contribution is -0.386. The van der Waals surface area contributed by atoms with E-state index in [1.54, 1.807) is 26.0 Å². The van der Waals surface area contributed by atoms with Crippen molar-refractivity contribution in [2.75, 3.05) is 0 Å². The fourth-order valence-electron chi connectivity index (χ4n) is 0.665. The molecule has 3 nitrogen and oxygen atoms in total. The molecule has 0 aliphatic rings. The second kappa shape index (κ2) is 4.64. The molecule has 0 unspecified atom stereocenters. The zero-order valence-corrected chi connectivity index (χ0v) is 10.9. The summed E-state index contributed by atoms with van der Waals surface area (Å²) in [5, 5.41) is 9.53. The first-order valence-corrected chi connectivity index (χ1v) is 5.21. The minimum absolute atomic E-state index is 0.333. The van der Waals surface area contributed by atoms with Crippen molar-refractivity contribution in [3.8, 4) is 0 Å². The molecule has 0 fully saturated rings. The van der Waals surface area contributed by atoms with Crippen LogP contribution in [0.5, 0.6) is 0 Å². The lowest BCUT2D eigenvalue weighted by Crippen LogP contribution is -2.29. The van der Waals surface area contributed by atoms with Gasteiger partial charge in [0.2, 0.25) is 0 Å². The van der Waals surface area contributed by atoms with Gasteiger partial charge >= 0.3 is 0 Å². The van der Waals surface area contributed by atoms with Crippen LogP contribution in [0.1, 0.15) is 48.5 Å². The van der Waals surface area contributed by atoms with E-state index in [9.17, 15) is 5.11 Å². The summed E-state index contributed by atoms with van der Waals surface area (Å²) < 4.78 is 0. The molecule has 0 aromatic heterocycles. The minimum atomic E-state index is -0.831. The van der Waals surface area contributed by atoms with Crippen LogP contribution >= 0.6 is 0 Å². The molecule has 0 bridgehead atoms. The number of hydrogen-bond acceptors (Lipinski definition) is 3. The Morgan fingerprint density at radius 2 is 1.27 bits per heavy atom. The SMILES string of the molecule is CC(C)(O)/C=C/C(C)(C)OOC(C)(C)C. The first-order valence-electron chi connectivity index (χ1n) is 5.21. The molecule has 0 rings (SSSR count). The Kier molecular flexibility index (Phi) is 4.52. The molecule has 0 saturated carbocycles. The van der Waals surface area contributed by atoms with Gasteiger partial charge in [-0.15, -0.1) is 0 Å². The Labute approximate surface area is 93.0 Å². The van der Waals surface area contributed by atoms with Crippen LogP contribution in [0.2, 0.25) is 0 Å². The molecule has 0 radical (unpaired) electrons. The number of aliphatic hydroxyl groups is 1. The van der Waals surface area contributed by atoms with E-state index in [-0.39, 0.29) is 5.60 Å². The highest BCUT2D eigenvalue weighted by molar-refractivity contribution is 5.03. The van der Waals surface area contributed by atoms with Gasteiger partial charge < -0.3 is 5.11 Å². The molecule has 0 spiro atoms. The van der Waals surface area contributed by atoms with Crippen molar-refractivity contribution in [3.63, 3.8) is 0 Å². The van der Waals surface area contributed by atoms with Crippen molar-refractivity contribution in [1.29, 1.82) is 0 Å². The van der Waals surface area contributed by atoms with Crippen LogP contribution < -0.4 is 0 Å². The third kappa shape index (κ3) is 9.91. The Balaban J connectivity index is 4.26. The topological polar surface area (TPSA) is 38.7 Å². The summed E-state index contributed by atoms with van der Waals surface area (Å²) in [4.78, 5) is 10.5. The summed E-state index contributed by atoms with van der Waals surface area (Å²) in [6, 6.07) is 0. The summed E-state index contributed by atoms with van der Waals surface area (Å²) in [5.41, 5.74) is -1.71. The molecule has 3 heteroatoms. The normalized spacial score (nSPS) is 14.9. The van der Waals surface area contributed by atoms with Crippen LogP contribution in [0.3, 0.4) is 0 Å². The predicted molar refractivity (Wildman–Crippen MR) is 61.4 cm³/mol. The Morgan fingerprint density at radius 3 is 1.60 bits per heavy atom. The second-order valence-corrected chi connectivity index (χ2v) is 5.87. The van der Waals surface area contributed by atoms with Crippen molar-refractivity contribution < 1.29 is 14.9 Å². The maximum atomic E-state index is 9.53. The fraction of sp³-hybridized carbons (Fsp3) is 0.833. The minimum Gasteiger partial charge on any atom is -0.386 e. The molecule has 0 atom stereocenters. The molecule has 0 aliphatic carbocycles. The lowest BCUT2D eigenvalue weighted by atomic mass is 10.0. The van der Waals surface area contributed by atoms with Crippen LogP contribution in [0.4, 0.5) is 0 Å². The molecular weight excluding hydrogens is 192 g/mol. The molecule has 15 heavy (non-hydrogen) atoms. The van der Waals surface area contributed by atoms with E-state index in [1.807, 2.05) is 34.6 Å². The maximum Gasteiger partial charge on any atom is 0.116 e. The molecular formula is C12H24O3. The van der Waals surface area contributed by atoms with E-state index in [1.165, 1.54) is 0 Å². The van der Waals surface area contributed by atoms with Gasteiger partial charge in [-0.3, -0.25) is 0 Å². The number of rotatable bonds is 4. The molecule has 90 valence electrons. The van der Waals surface area contributed by atoms with E-state index in [0.29, 0.717) is 0 Å². The van der Waals surface area contributed by atoms with Crippen molar-refractivity contribution in [1.82, 2.24) is 0 Å². The van der Waals surface area contributed by atoms with Gasteiger partial charge in [-0.05, 0) is 48.5 Å². The van der Waals surface area contributed by atoms with Crippen LogP contribution in [0.25, 0.3) is 0 Å². The van der Waals surface area contributed by atoms with Crippen LogP contribution in [0.15, 0.2) is 12.2 Å². The zero-order chi connectivity index (χ0) is 12.3. The number of hydrogen-bond donors (Lipinski definition) is 1. The van der Waals surface area contributed by atoms with E-state index in [2.05, 4.69) is 0 Å². The molecule has 0 amide bonds. The van der Waals surface area contributed by atoms with Gasteiger partial charge in [0.25, 0.3) is 0 Å². The molecule has 0 aliphatic heterocycles. The first-order chi connectivity index (χ1) is 6.41. The van der Waals surface area contributed by atoms with Crippen LogP contribution in [-0.2, 0) is 9.78 Å². The highest BCUT2D eigenvalue weighted by Gasteiger charge is 2.22. The van der Waals surface area contributed by atoms with Crippen molar-refractivity contribution >= 4 is 0 Å². The quantitative estimate of drug-likeness (QED) is 0.446. The molecule has 0 aromatic carbocycles. The van der Waals surface area contributed by atoms with Gasteiger partial charge in [0.05, 0.1) is 11.2 Å². The summed E-state index contributed by atoms with van der Waals surface area (Å²) >= 11 is 0. The molecule has 0 aromatic rings. The average Bonchev–Trinajstić information content (AvgIpc) is 1.96. The summed E-state index contributed by atoms with van der Waals surface area (Å²) in [6.45, 7) is 12.9. The Bertz CT molecular complexity index is 216. The highest BCUT2D eigenvalue weighted by atomic mass is 17.2. The summed E-state index contributed by atoms with van der Waals surface area (Å²) in [6.07, 6.45) is 3.48. The van der Waals surface area contributed by atoms with E-state index in [4.69, 9.17) is 9.78 Å². The third-order valence-corrected chi connectivity index (χ3v) is 1.40. The smallest absolute Gasteiger partial charge is 0.116 e. The predicted octanol–water partition coefficient (Wildman–Crippen LogP) is 2.84. The Hall–Kier alpha value is -0.380. The van der Waals surface area contributed by atoms with Crippen molar-refractivity contribution in [3.05, 3.63) is 12.2 Å². The average molecular weight is 216 g/mol. The highest BCUT2D eigenvalue weighted by Crippen LogP contribution is 2.18. The Morgan fingerprint density at radius 1 is 0.800 bits per heavy atom. The molecule has 0 heterocycles. The zero-order valence-electron chi connectivity index (χ0n) is 10.9. The van der Waals surface area contributed by atoms with E-state index < -0.39 is 11.2 Å². The van der Waals surface area contributed by atoms with E-state index >= 15 is 0 Å².